The number of hydrogen-bond acceptors (Lipinski definition) is 3. The van der Waals surface area contributed by atoms with E-state index in [2.05, 4.69) is 50.0 Å². The van der Waals surface area contributed by atoms with Crippen molar-refractivity contribution in [2.75, 3.05) is 20.1 Å². The number of nitrogens with one attached hydrogen (secondary N) is 2. The lowest BCUT2D eigenvalue weighted by atomic mass is 10.4. The number of halogens is 2. The maximum absolute atomic E-state index is 4.50. The second-order valence-electron chi connectivity index (χ2n) is 3.87. The lowest BCUT2D eigenvalue weighted by Gasteiger charge is -2.10. The first kappa shape index (κ1) is 18.9. The van der Waals surface area contributed by atoms with Gasteiger partial charge in [0.15, 0.2) is 5.96 Å². The van der Waals surface area contributed by atoms with E-state index in [4.69, 9.17) is 0 Å². The van der Waals surface area contributed by atoms with Crippen LogP contribution in [0.25, 0.3) is 0 Å². The third-order valence-electron chi connectivity index (χ3n) is 2.38. The van der Waals surface area contributed by atoms with Crippen LogP contribution in [0.3, 0.4) is 0 Å². The summed E-state index contributed by atoms with van der Waals surface area (Å²) >= 11 is 5.06. The Hall–Kier alpha value is -0.150. The second-order valence-corrected chi connectivity index (χ2v) is 6.28. The van der Waals surface area contributed by atoms with E-state index in [0.717, 1.165) is 34.1 Å². The molecule has 0 aliphatic carbocycles. The predicted octanol–water partition coefficient (Wildman–Crippen LogP) is 2.99. The van der Waals surface area contributed by atoms with Gasteiger partial charge in [-0.2, -0.15) is 0 Å². The topological polar surface area (TPSA) is 49.3 Å². The molecule has 0 fully saturated rings. The Bertz CT molecular complexity index is 425. The summed E-state index contributed by atoms with van der Waals surface area (Å²) in [5.41, 5.74) is 1.13. The van der Waals surface area contributed by atoms with Crippen LogP contribution >= 0.6 is 51.2 Å². The van der Waals surface area contributed by atoms with Crippen molar-refractivity contribution >= 4 is 57.2 Å². The lowest BCUT2D eigenvalue weighted by Crippen LogP contribution is -2.38. The van der Waals surface area contributed by atoms with E-state index in [1.807, 2.05) is 6.92 Å². The Morgan fingerprint density at radius 3 is 2.58 bits per heavy atom. The van der Waals surface area contributed by atoms with Gasteiger partial charge in [0.25, 0.3) is 0 Å². The molecule has 0 aromatic carbocycles. The standard InChI is InChI=1S/C12H19BrN4S.HI/c1-8(13)7-16-12(14-4)15-6-5-11-17-9(2)10(3)18-11;/h1,5-7H2,2-4H3,(H2,14,15,16);1H. The van der Waals surface area contributed by atoms with E-state index in [0.29, 0.717) is 6.54 Å². The summed E-state index contributed by atoms with van der Waals surface area (Å²) in [6, 6.07) is 0. The molecule has 108 valence electrons. The SMILES string of the molecule is C=C(Br)CNC(=NC)NCCc1nc(C)c(C)s1.I. The molecule has 1 rings (SSSR count). The number of nitrogens with zero attached hydrogens (tertiary/aromatic N) is 2. The number of aromatic nitrogens is 1. The van der Waals surface area contributed by atoms with Gasteiger partial charge < -0.3 is 10.6 Å². The third kappa shape index (κ3) is 7.26. The zero-order valence-corrected chi connectivity index (χ0v) is 16.2. The van der Waals surface area contributed by atoms with E-state index in [9.17, 15) is 0 Å². The Labute approximate surface area is 144 Å². The van der Waals surface area contributed by atoms with Gasteiger partial charge in [0.1, 0.15) is 0 Å². The van der Waals surface area contributed by atoms with Crippen molar-refractivity contribution in [2.45, 2.75) is 20.3 Å². The van der Waals surface area contributed by atoms with E-state index in [1.165, 1.54) is 4.88 Å². The molecule has 0 amide bonds. The molecule has 4 nitrogen and oxygen atoms in total. The number of thiazole rings is 1. The molecule has 0 saturated heterocycles. The minimum atomic E-state index is 0. The van der Waals surface area contributed by atoms with Gasteiger partial charge in [-0.15, -0.1) is 35.3 Å². The molecule has 0 saturated carbocycles. The Morgan fingerprint density at radius 2 is 2.11 bits per heavy atom. The van der Waals surface area contributed by atoms with Gasteiger partial charge >= 0.3 is 0 Å². The molecular weight excluding hydrogens is 439 g/mol. The van der Waals surface area contributed by atoms with Crippen LogP contribution in [-0.2, 0) is 6.42 Å². The zero-order valence-electron chi connectivity index (χ0n) is 11.4. The molecule has 0 bridgehead atoms. The first-order valence-corrected chi connectivity index (χ1v) is 7.34. The molecule has 0 spiro atoms. The molecule has 1 aromatic heterocycles. The van der Waals surface area contributed by atoms with Gasteiger partial charge in [0, 0.05) is 35.9 Å². The molecule has 0 radical (unpaired) electrons. The predicted molar refractivity (Wildman–Crippen MR) is 98.1 cm³/mol. The van der Waals surface area contributed by atoms with E-state index in [-0.39, 0.29) is 24.0 Å². The summed E-state index contributed by atoms with van der Waals surface area (Å²) in [7, 11) is 1.75. The molecule has 19 heavy (non-hydrogen) atoms. The molecule has 2 N–H and O–H groups in total. The fourth-order valence-corrected chi connectivity index (χ4v) is 2.41. The quantitative estimate of drug-likeness (QED) is 0.405. The smallest absolute Gasteiger partial charge is 0.191 e. The maximum Gasteiger partial charge on any atom is 0.191 e. The first-order chi connectivity index (χ1) is 8.52. The molecule has 0 aliphatic heterocycles. The third-order valence-corrected chi connectivity index (χ3v) is 3.79. The van der Waals surface area contributed by atoms with Gasteiger partial charge in [0.2, 0.25) is 0 Å². The largest absolute Gasteiger partial charge is 0.356 e. The Balaban J connectivity index is 0.00000324. The number of aliphatic imine (C=N–C) groups is 1. The van der Waals surface area contributed by atoms with Crippen LogP contribution in [0.5, 0.6) is 0 Å². The summed E-state index contributed by atoms with van der Waals surface area (Å²) in [6.07, 6.45) is 0.912. The highest BCUT2D eigenvalue weighted by Crippen LogP contribution is 2.16. The summed E-state index contributed by atoms with van der Waals surface area (Å²) < 4.78 is 0.900. The van der Waals surface area contributed by atoms with Crippen molar-refractivity contribution < 1.29 is 0 Å². The van der Waals surface area contributed by atoms with E-state index >= 15 is 0 Å². The van der Waals surface area contributed by atoms with Crippen LogP contribution in [-0.4, -0.2) is 31.1 Å². The molecular formula is C12H20BrIN4S. The minimum absolute atomic E-state index is 0. The zero-order chi connectivity index (χ0) is 13.5. The van der Waals surface area contributed by atoms with Crippen LogP contribution in [0, 0.1) is 13.8 Å². The van der Waals surface area contributed by atoms with Gasteiger partial charge in [-0.05, 0) is 13.8 Å². The van der Waals surface area contributed by atoms with Gasteiger partial charge in [-0.1, -0.05) is 22.5 Å². The van der Waals surface area contributed by atoms with Crippen molar-refractivity contribution in [2.24, 2.45) is 4.99 Å². The van der Waals surface area contributed by atoms with Crippen LogP contribution < -0.4 is 10.6 Å². The van der Waals surface area contributed by atoms with Crippen molar-refractivity contribution in [3.05, 3.63) is 26.6 Å². The fourth-order valence-electron chi connectivity index (χ4n) is 1.33. The average molecular weight is 459 g/mol. The van der Waals surface area contributed by atoms with Gasteiger partial charge in [0.05, 0.1) is 10.7 Å². The van der Waals surface area contributed by atoms with Crippen LogP contribution in [0.1, 0.15) is 15.6 Å². The number of rotatable bonds is 5. The molecule has 0 unspecified atom stereocenters. The lowest BCUT2D eigenvalue weighted by molar-refractivity contribution is 0.815. The summed E-state index contributed by atoms with van der Waals surface area (Å²) in [5.74, 6) is 0.778. The normalized spacial score (nSPS) is 10.8. The first-order valence-electron chi connectivity index (χ1n) is 5.73. The minimum Gasteiger partial charge on any atom is -0.356 e. The van der Waals surface area contributed by atoms with Crippen LogP contribution in [0.4, 0.5) is 0 Å². The molecule has 7 heteroatoms. The number of aryl methyl sites for hydroxylation is 2. The Kier molecular flexibility index (Phi) is 9.63. The second kappa shape index (κ2) is 9.71. The fraction of sp³-hybridized carbons (Fsp3) is 0.500. The van der Waals surface area contributed by atoms with Crippen molar-refractivity contribution in [3.63, 3.8) is 0 Å². The molecule has 0 atom stereocenters. The average Bonchev–Trinajstić information content (AvgIpc) is 2.63. The van der Waals surface area contributed by atoms with Crippen LogP contribution in [0.15, 0.2) is 16.1 Å². The Morgan fingerprint density at radius 1 is 1.42 bits per heavy atom. The van der Waals surface area contributed by atoms with E-state index < -0.39 is 0 Å². The number of guanidine groups is 1. The van der Waals surface area contributed by atoms with Crippen molar-refractivity contribution in [1.29, 1.82) is 0 Å². The van der Waals surface area contributed by atoms with Gasteiger partial charge in [-0.3, -0.25) is 4.99 Å². The van der Waals surface area contributed by atoms with Crippen molar-refractivity contribution in [1.82, 2.24) is 15.6 Å². The number of hydrogen-bond donors (Lipinski definition) is 2. The molecule has 0 aliphatic rings. The molecule has 1 aromatic rings. The molecule has 1 heterocycles. The van der Waals surface area contributed by atoms with Crippen molar-refractivity contribution in [3.8, 4) is 0 Å². The van der Waals surface area contributed by atoms with Gasteiger partial charge in [-0.25, -0.2) is 4.98 Å². The summed E-state index contributed by atoms with van der Waals surface area (Å²) in [6.45, 7) is 9.40. The highest BCUT2D eigenvalue weighted by atomic mass is 127. The highest BCUT2D eigenvalue weighted by molar-refractivity contribution is 14.0. The summed E-state index contributed by atoms with van der Waals surface area (Å²) in [5, 5.41) is 7.56. The van der Waals surface area contributed by atoms with E-state index in [1.54, 1.807) is 18.4 Å². The monoisotopic (exact) mass is 458 g/mol. The van der Waals surface area contributed by atoms with Crippen LogP contribution in [0.2, 0.25) is 0 Å². The summed E-state index contributed by atoms with van der Waals surface area (Å²) in [4.78, 5) is 9.93. The maximum atomic E-state index is 4.50. The highest BCUT2D eigenvalue weighted by Gasteiger charge is 2.03.